The maximum atomic E-state index is 5.61. The van der Waals surface area contributed by atoms with E-state index in [1.165, 1.54) is 0 Å². The number of aliphatic imine (C=N–C) groups is 1. The maximum Gasteiger partial charge on any atom is 0.191 e. The Morgan fingerprint density at radius 2 is 2.22 bits per heavy atom. The van der Waals surface area contributed by atoms with Crippen molar-refractivity contribution in [1.29, 1.82) is 0 Å². The molecule has 1 atom stereocenters. The van der Waals surface area contributed by atoms with Gasteiger partial charge in [0.2, 0.25) is 0 Å². The van der Waals surface area contributed by atoms with E-state index < -0.39 is 0 Å². The number of aryl methyl sites for hydroxylation is 1. The molecule has 0 bridgehead atoms. The second-order valence-corrected chi connectivity index (χ2v) is 7.02. The predicted molar refractivity (Wildman–Crippen MR) is 118 cm³/mol. The summed E-state index contributed by atoms with van der Waals surface area (Å²) in [5, 5.41) is 11.4. The average molecular weight is 494 g/mol. The smallest absolute Gasteiger partial charge is 0.191 e. The van der Waals surface area contributed by atoms with Crippen molar-refractivity contribution in [3.05, 3.63) is 11.6 Å². The normalized spacial score (nSPS) is 16.8. The minimum absolute atomic E-state index is 0. The number of halogens is 1. The van der Waals surface area contributed by atoms with Crippen LogP contribution in [0.5, 0.6) is 0 Å². The van der Waals surface area contributed by atoms with Crippen molar-refractivity contribution < 1.29 is 9.47 Å². The Kier molecular flexibility index (Phi) is 11.8. The molecule has 0 aliphatic carbocycles. The lowest BCUT2D eigenvalue weighted by molar-refractivity contribution is 0.109. The molecule has 27 heavy (non-hydrogen) atoms. The van der Waals surface area contributed by atoms with Gasteiger partial charge in [0.1, 0.15) is 12.4 Å². The number of guanidine groups is 1. The third-order valence-electron chi connectivity index (χ3n) is 4.03. The molecule has 0 radical (unpaired) electrons. The highest BCUT2D eigenvalue weighted by Gasteiger charge is 2.22. The van der Waals surface area contributed by atoms with Crippen LogP contribution in [0.2, 0.25) is 0 Å². The van der Waals surface area contributed by atoms with Crippen LogP contribution in [-0.2, 0) is 29.0 Å². The van der Waals surface area contributed by atoms with Gasteiger partial charge in [-0.05, 0) is 25.7 Å². The lowest BCUT2D eigenvalue weighted by Gasteiger charge is -2.25. The zero-order valence-electron chi connectivity index (χ0n) is 17.0. The van der Waals surface area contributed by atoms with Crippen LogP contribution in [0.1, 0.15) is 45.3 Å². The largest absolute Gasteiger partial charge is 0.381 e. The van der Waals surface area contributed by atoms with E-state index in [4.69, 9.17) is 9.47 Å². The molecule has 1 unspecified atom stereocenters. The molecule has 0 fully saturated rings. The van der Waals surface area contributed by atoms with Crippen LogP contribution >= 0.6 is 24.0 Å². The van der Waals surface area contributed by atoms with Crippen molar-refractivity contribution in [1.82, 2.24) is 25.4 Å². The van der Waals surface area contributed by atoms with Gasteiger partial charge in [0.15, 0.2) is 11.8 Å². The second-order valence-electron chi connectivity index (χ2n) is 7.02. The molecule has 2 heterocycles. The van der Waals surface area contributed by atoms with E-state index in [1.54, 1.807) is 7.11 Å². The molecule has 0 aromatic carbocycles. The standard InChI is InChI=1S/C18H34N6O2.HI/c1-5-19-18(20-9-6-10-26-12-14(2)3)21-15-7-8-17-22-16(13-25-4)23-24(17)11-15;/h14-15H,5-13H2,1-4H3,(H2,19,20,21);1H. The Bertz CT molecular complexity index is 564. The summed E-state index contributed by atoms with van der Waals surface area (Å²) >= 11 is 0. The van der Waals surface area contributed by atoms with Gasteiger partial charge in [0.05, 0.1) is 6.54 Å². The first-order valence-electron chi connectivity index (χ1n) is 9.66. The molecule has 1 aliphatic heterocycles. The van der Waals surface area contributed by atoms with Crippen molar-refractivity contribution in [2.75, 3.05) is 33.4 Å². The van der Waals surface area contributed by atoms with Crippen LogP contribution in [0.25, 0.3) is 0 Å². The van der Waals surface area contributed by atoms with E-state index in [-0.39, 0.29) is 24.0 Å². The summed E-state index contributed by atoms with van der Waals surface area (Å²) < 4.78 is 12.7. The first-order chi connectivity index (χ1) is 12.6. The Balaban J connectivity index is 0.00000364. The number of fused-ring (bicyclic) bond motifs is 1. The van der Waals surface area contributed by atoms with Crippen LogP contribution in [0.3, 0.4) is 0 Å². The fourth-order valence-corrected chi connectivity index (χ4v) is 2.86. The summed E-state index contributed by atoms with van der Waals surface area (Å²) in [5.74, 6) is 3.24. The molecule has 0 spiro atoms. The molecule has 8 nitrogen and oxygen atoms in total. The first kappa shape index (κ1) is 24.1. The summed E-state index contributed by atoms with van der Waals surface area (Å²) in [4.78, 5) is 9.18. The highest BCUT2D eigenvalue weighted by molar-refractivity contribution is 14.0. The summed E-state index contributed by atoms with van der Waals surface area (Å²) in [6.45, 7) is 10.8. The minimum Gasteiger partial charge on any atom is -0.381 e. The second kappa shape index (κ2) is 13.3. The van der Waals surface area contributed by atoms with Crippen LogP contribution < -0.4 is 10.6 Å². The first-order valence-corrected chi connectivity index (χ1v) is 9.66. The molecule has 0 saturated heterocycles. The van der Waals surface area contributed by atoms with Crippen LogP contribution in [0.4, 0.5) is 0 Å². The fourth-order valence-electron chi connectivity index (χ4n) is 2.86. The molecule has 1 aromatic rings. The zero-order valence-corrected chi connectivity index (χ0v) is 19.4. The van der Waals surface area contributed by atoms with Gasteiger partial charge in [0.25, 0.3) is 0 Å². The topological polar surface area (TPSA) is 85.6 Å². The Labute approximate surface area is 179 Å². The minimum atomic E-state index is 0. The molecule has 1 aliphatic rings. The molecular formula is C18H35IN6O2. The predicted octanol–water partition coefficient (Wildman–Crippen LogP) is 1.98. The monoisotopic (exact) mass is 494 g/mol. The average Bonchev–Trinajstić information content (AvgIpc) is 2.99. The highest BCUT2D eigenvalue weighted by Crippen LogP contribution is 2.13. The van der Waals surface area contributed by atoms with E-state index >= 15 is 0 Å². The van der Waals surface area contributed by atoms with Gasteiger partial charge in [-0.2, -0.15) is 5.10 Å². The summed E-state index contributed by atoms with van der Waals surface area (Å²) in [7, 11) is 1.66. The molecule has 2 rings (SSSR count). The highest BCUT2D eigenvalue weighted by atomic mass is 127. The lowest BCUT2D eigenvalue weighted by Crippen LogP contribution is -2.47. The third kappa shape index (κ3) is 8.73. The molecule has 2 N–H and O–H groups in total. The van der Waals surface area contributed by atoms with Crippen molar-refractivity contribution in [2.45, 2.75) is 59.2 Å². The molecule has 1 aromatic heterocycles. The van der Waals surface area contributed by atoms with E-state index in [1.807, 2.05) is 4.68 Å². The van der Waals surface area contributed by atoms with Gasteiger partial charge in [-0.15, -0.1) is 24.0 Å². The lowest BCUT2D eigenvalue weighted by atomic mass is 10.1. The van der Waals surface area contributed by atoms with Gasteiger partial charge in [0, 0.05) is 45.9 Å². The van der Waals surface area contributed by atoms with Gasteiger partial charge in [-0.25, -0.2) is 9.67 Å². The number of nitrogens with one attached hydrogen (secondary N) is 2. The van der Waals surface area contributed by atoms with Crippen LogP contribution in [-0.4, -0.2) is 60.2 Å². The number of nitrogens with zero attached hydrogens (tertiary/aromatic N) is 4. The number of ether oxygens (including phenoxy) is 2. The van der Waals surface area contributed by atoms with Gasteiger partial charge < -0.3 is 20.1 Å². The molecular weight excluding hydrogens is 459 g/mol. The third-order valence-corrected chi connectivity index (χ3v) is 4.03. The Morgan fingerprint density at radius 1 is 1.41 bits per heavy atom. The van der Waals surface area contributed by atoms with Crippen molar-refractivity contribution in [2.24, 2.45) is 10.9 Å². The Hall–Kier alpha value is -0.940. The quantitative estimate of drug-likeness (QED) is 0.224. The molecule has 9 heteroatoms. The number of hydrogen-bond donors (Lipinski definition) is 2. The number of rotatable bonds is 10. The van der Waals surface area contributed by atoms with E-state index in [2.05, 4.69) is 46.5 Å². The summed E-state index contributed by atoms with van der Waals surface area (Å²) in [5.41, 5.74) is 0. The summed E-state index contributed by atoms with van der Waals surface area (Å²) in [6, 6.07) is 0.301. The van der Waals surface area contributed by atoms with Crippen LogP contribution in [0.15, 0.2) is 4.99 Å². The zero-order chi connectivity index (χ0) is 18.8. The van der Waals surface area contributed by atoms with Gasteiger partial charge in [-0.3, -0.25) is 4.99 Å². The fraction of sp³-hybridized carbons (Fsp3) is 0.833. The summed E-state index contributed by atoms with van der Waals surface area (Å²) in [6.07, 6.45) is 2.87. The maximum absolute atomic E-state index is 5.61. The van der Waals surface area contributed by atoms with Crippen molar-refractivity contribution in [3.63, 3.8) is 0 Å². The molecule has 0 amide bonds. The van der Waals surface area contributed by atoms with Crippen LogP contribution in [0, 0.1) is 5.92 Å². The van der Waals surface area contributed by atoms with E-state index in [0.717, 1.165) is 69.7 Å². The van der Waals surface area contributed by atoms with E-state index in [0.29, 0.717) is 18.6 Å². The molecule has 156 valence electrons. The molecule has 0 saturated carbocycles. The Morgan fingerprint density at radius 3 is 2.93 bits per heavy atom. The van der Waals surface area contributed by atoms with Gasteiger partial charge >= 0.3 is 0 Å². The van der Waals surface area contributed by atoms with Crippen molar-refractivity contribution in [3.8, 4) is 0 Å². The van der Waals surface area contributed by atoms with Crippen molar-refractivity contribution >= 4 is 29.9 Å². The SMILES string of the molecule is CCNC(=NCCCOCC(C)C)NC1CCc2nc(COC)nn2C1.I. The number of methoxy groups -OCH3 is 1. The van der Waals surface area contributed by atoms with Gasteiger partial charge in [-0.1, -0.05) is 13.8 Å². The van der Waals surface area contributed by atoms with E-state index in [9.17, 15) is 0 Å². The number of aromatic nitrogens is 3. The number of hydrogen-bond acceptors (Lipinski definition) is 5.